The number of hydrogen-bond donors (Lipinski definition) is 1. The molecule has 3 rings (SSSR count). The van der Waals surface area contributed by atoms with Gasteiger partial charge >= 0.3 is 6.18 Å². The Labute approximate surface area is 175 Å². The smallest absolute Gasteiger partial charge is 0.319 e. The topological polar surface area (TPSA) is 81.1 Å². The van der Waals surface area contributed by atoms with E-state index in [1.165, 1.54) is 61.9 Å². The van der Waals surface area contributed by atoms with Gasteiger partial charge in [-0.3, -0.25) is 14.4 Å². The second kappa shape index (κ2) is 8.17. The number of ketones is 2. The predicted molar refractivity (Wildman–Crippen MR) is 107 cm³/mol. The zero-order valence-electron chi connectivity index (χ0n) is 16.9. The molecule has 1 amide bonds. The molecule has 0 saturated carbocycles. The molecule has 160 valence electrons. The molecule has 0 atom stereocenters. The van der Waals surface area contributed by atoms with E-state index in [0.717, 1.165) is 12.1 Å². The monoisotopic (exact) mass is 429 g/mol. The predicted octanol–water partition coefficient (Wildman–Crippen LogP) is 4.53. The third kappa shape index (κ3) is 4.55. The molecule has 0 unspecified atom stereocenters. The van der Waals surface area contributed by atoms with Crippen LogP contribution in [0.2, 0.25) is 0 Å². The number of aromatic nitrogens is 2. The maximum Gasteiger partial charge on any atom is 0.416 e. The molecule has 1 aromatic heterocycles. The number of carbonyl (C=O) groups excluding carboxylic acids is 3. The highest BCUT2D eigenvalue weighted by molar-refractivity contribution is 6.47. The number of hydrogen-bond acceptors (Lipinski definition) is 4. The van der Waals surface area contributed by atoms with Crippen LogP contribution in [0.25, 0.3) is 5.69 Å². The molecule has 0 radical (unpaired) electrons. The lowest BCUT2D eigenvalue weighted by Crippen LogP contribution is -2.24. The minimum atomic E-state index is -4.53. The van der Waals surface area contributed by atoms with Crippen molar-refractivity contribution in [1.82, 2.24) is 9.78 Å². The van der Waals surface area contributed by atoms with Crippen molar-refractivity contribution in [3.63, 3.8) is 0 Å². The van der Waals surface area contributed by atoms with E-state index in [0.29, 0.717) is 11.3 Å². The molecular weight excluding hydrogens is 411 g/mol. The van der Waals surface area contributed by atoms with E-state index in [9.17, 15) is 27.6 Å². The molecule has 0 spiro atoms. The molecule has 1 heterocycles. The first-order valence-electron chi connectivity index (χ1n) is 9.19. The van der Waals surface area contributed by atoms with E-state index in [1.807, 2.05) is 0 Å². The Bertz CT molecular complexity index is 1180. The lowest BCUT2D eigenvalue weighted by Gasteiger charge is -2.10. The van der Waals surface area contributed by atoms with Gasteiger partial charge in [0.1, 0.15) is 0 Å². The number of nitrogens with zero attached hydrogens (tertiary/aromatic N) is 2. The van der Waals surface area contributed by atoms with Gasteiger partial charge in [0, 0.05) is 11.3 Å². The van der Waals surface area contributed by atoms with Crippen molar-refractivity contribution in [3.8, 4) is 5.69 Å². The number of halogens is 3. The van der Waals surface area contributed by atoms with Crippen molar-refractivity contribution in [3.05, 3.63) is 76.6 Å². The summed E-state index contributed by atoms with van der Waals surface area (Å²) in [6.45, 7) is 4.41. The highest BCUT2D eigenvalue weighted by atomic mass is 19.4. The fourth-order valence-electron chi connectivity index (χ4n) is 3.13. The van der Waals surface area contributed by atoms with Crippen molar-refractivity contribution in [2.24, 2.45) is 0 Å². The number of aryl methyl sites for hydroxylation is 1. The highest BCUT2D eigenvalue weighted by Gasteiger charge is 2.31. The Morgan fingerprint density at radius 1 is 1.00 bits per heavy atom. The number of Topliss-reactive ketones (excluding diaryl/α,β-unsaturated/α-hetero) is 2. The number of alkyl halides is 3. The van der Waals surface area contributed by atoms with Crippen LogP contribution in [0.1, 0.15) is 44.6 Å². The van der Waals surface area contributed by atoms with Crippen LogP contribution in [0.4, 0.5) is 18.9 Å². The van der Waals surface area contributed by atoms with Gasteiger partial charge < -0.3 is 5.32 Å². The van der Waals surface area contributed by atoms with E-state index in [1.54, 1.807) is 0 Å². The maximum atomic E-state index is 13.0. The molecular formula is C22H18F3N3O3. The average molecular weight is 429 g/mol. The van der Waals surface area contributed by atoms with Crippen LogP contribution in [0.3, 0.4) is 0 Å². The van der Waals surface area contributed by atoms with E-state index in [-0.39, 0.29) is 28.4 Å². The average Bonchev–Trinajstić information content (AvgIpc) is 3.01. The molecule has 0 aliphatic carbocycles. The normalized spacial score (nSPS) is 11.3. The first-order chi connectivity index (χ1) is 14.5. The van der Waals surface area contributed by atoms with E-state index < -0.39 is 23.4 Å². The van der Waals surface area contributed by atoms with E-state index >= 15 is 0 Å². The number of amides is 1. The Morgan fingerprint density at radius 3 is 2.23 bits per heavy atom. The molecule has 31 heavy (non-hydrogen) atoms. The van der Waals surface area contributed by atoms with E-state index in [2.05, 4.69) is 10.4 Å². The van der Waals surface area contributed by atoms with Gasteiger partial charge in [0.25, 0.3) is 11.7 Å². The maximum absolute atomic E-state index is 13.0. The SMILES string of the molecule is CC(=O)c1ccc(NC(=O)C(=O)c2c(C)nn(-c3cccc(C(F)(F)F)c3)c2C)cc1. The summed E-state index contributed by atoms with van der Waals surface area (Å²) in [4.78, 5) is 36.5. The summed E-state index contributed by atoms with van der Waals surface area (Å²) in [6, 6.07) is 10.6. The van der Waals surface area contributed by atoms with E-state index in [4.69, 9.17) is 0 Å². The Hall–Kier alpha value is -3.75. The van der Waals surface area contributed by atoms with Crippen molar-refractivity contribution >= 4 is 23.2 Å². The van der Waals surface area contributed by atoms with Gasteiger partial charge in [-0.2, -0.15) is 18.3 Å². The summed E-state index contributed by atoms with van der Waals surface area (Å²) in [5, 5.41) is 6.61. The summed E-state index contributed by atoms with van der Waals surface area (Å²) in [5.41, 5.74) is 0.510. The van der Waals surface area contributed by atoms with Crippen LogP contribution in [0, 0.1) is 13.8 Å². The summed E-state index contributed by atoms with van der Waals surface area (Å²) in [6.07, 6.45) is -4.53. The summed E-state index contributed by atoms with van der Waals surface area (Å²) in [5.74, 6) is -1.93. The van der Waals surface area contributed by atoms with Crippen LogP contribution in [-0.2, 0) is 11.0 Å². The van der Waals surface area contributed by atoms with Crippen LogP contribution in [0.5, 0.6) is 0 Å². The zero-order valence-corrected chi connectivity index (χ0v) is 16.9. The fraction of sp³-hybridized carbons (Fsp3) is 0.182. The molecule has 0 fully saturated rings. The zero-order chi connectivity index (χ0) is 22.9. The van der Waals surface area contributed by atoms with Gasteiger partial charge in [-0.05, 0) is 63.2 Å². The second-order valence-electron chi connectivity index (χ2n) is 6.92. The first-order valence-corrected chi connectivity index (χ1v) is 9.19. The number of rotatable bonds is 5. The molecule has 0 bridgehead atoms. The largest absolute Gasteiger partial charge is 0.416 e. The minimum absolute atomic E-state index is 0.00951. The number of nitrogens with one attached hydrogen (secondary N) is 1. The Balaban J connectivity index is 1.88. The van der Waals surface area contributed by atoms with Crippen LogP contribution in [0.15, 0.2) is 48.5 Å². The Kier molecular flexibility index (Phi) is 5.79. The van der Waals surface area contributed by atoms with Crippen molar-refractivity contribution < 1.29 is 27.6 Å². The third-order valence-electron chi connectivity index (χ3n) is 4.69. The fourth-order valence-corrected chi connectivity index (χ4v) is 3.13. The molecule has 0 saturated heterocycles. The molecule has 2 aromatic carbocycles. The van der Waals surface area contributed by atoms with Crippen LogP contribution < -0.4 is 5.32 Å². The molecule has 6 nitrogen and oxygen atoms in total. The number of benzene rings is 2. The van der Waals surface area contributed by atoms with Gasteiger partial charge in [0.05, 0.1) is 28.2 Å². The molecule has 9 heteroatoms. The lowest BCUT2D eigenvalue weighted by atomic mass is 10.1. The van der Waals surface area contributed by atoms with Gasteiger partial charge in [-0.25, -0.2) is 4.68 Å². The van der Waals surface area contributed by atoms with Crippen LogP contribution in [-0.4, -0.2) is 27.3 Å². The van der Waals surface area contributed by atoms with Gasteiger partial charge in [0.2, 0.25) is 0 Å². The molecule has 1 N–H and O–H groups in total. The van der Waals surface area contributed by atoms with Crippen molar-refractivity contribution in [2.45, 2.75) is 26.9 Å². The lowest BCUT2D eigenvalue weighted by molar-refractivity contribution is -0.137. The Morgan fingerprint density at radius 2 is 1.65 bits per heavy atom. The number of anilines is 1. The summed E-state index contributed by atoms with van der Waals surface area (Å²) >= 11 is 0. The van der Waals surface area contributed by atoms with Gasteiger partial charge in [-0.1, -0.05) is 6.07 Å². The number of carbonyl (C=O) groups is 3. The van der Waals surface area contributed by atoms with Gasteiger partial charge in [-0.15, -0.1) is 0 Å². The summed E-state index contributed by atoms with van der Waals surface area (Å²) < 4.78 is 40.3. The molecule has 0 aliphatic rings. The van der Waals surface area contributed by atoms with Crippen molar-refractivity contribution in [1.29, 1.82) is 0 Å². The quantitative estimate of drug-likeness (QED) is 0.477. The minimum Gasteiger partial charge on any atom is -0.319 e. The molecule has 0 aliphatic heterocycles. The standard InChI is InChI=1S/C22H18F3N3O3/c1-12-19(20(30)21(31)26-17-9-7-15(8-10-17)14(3)29)13(2)28(27-12)18-6-4-5-16(11-18)22(23,24)25/h4-11H,1-3H3,(H,26,31). The first kappa shape index (κ1) is 21.9. The van der Waals surface area contributed by atoms with Gasteiger partial charge in [0.15, 0.2) is 5.78 Å². The molecule has 3 aromatic rings. The van der Waals surface area contributed by atoms with Crippen molar-refractivity contribution in [2.75, 3.05) is 5.32 Å². The summed E-state index contributed by atoms with van der Waals surface area (Å²) in [7, 11) is 0. The highest BCUT2D eigenvalue weighted by Crippen LogP contribution is 2.31. The third-order valence-corrected chi connectivity index (χ3v) is 4.69. The second-order valence-corrected chi connectivity index (χ2v) is 6.92. The van der Waals surface area contributed by atoms with Crippen LogP contribution >= 0.6 is 0 Å².